The molecule has 3 nitrogen and oxygen atoms in total. The van der Waals surface area contributed by atoms with Gasteiger partial charge in [0.05, 0.1) is 5.69 Å². The molecule has 2 rings (SSSR count). The molecule has 0 saturated carbocycles. The highest BCUT2D eigenvalue weighted by Crippen LogP contribution is 2.32. The van der Waals surface area contributed by atoms with Crippen molar-refractivity contribution in [1.82, 2.24) is 0 Å². The number of anilines is 1. The van der Waals surface area contributed by atoms with Gasteiger partial charge in [0.25, 0.3) is 0 Å². The highest BCUT2D eigenvalue weighted by Gasteiger charge is 2.32. The second-order valence-electron chi connectivity index (χ2n) is 4.93. The van der Waals surface area contributed by atoms with Gasteiger partial charge in [-0.3, -0.25) is 9.59 Å². The summed E-state index contributed by atoms with van der Waals surface area (Å²) in [4.78, 5) is 24.5. The first-order chi connectivity index (χ1) is 9.38. The van der Waals surface area contributed by atoms with E-state index in [0.717, 1.165) is 5.56 Å². The van der Waals surface area contributed by atoms with Crippen LogP contribution in [0.1, 0.15) is 18.9 Å². The topological polar surface area (TPSA) is 37.4 Å². The summed E-state index contributed by atoms with van der Waals surface area (Å²) in [6, 6.07) is 3.06. The summed E-state index contributed by atoms with van der Waals surface area (Å²) in [6.07, 6.45) is 0.370. The first-order valence-corrected chi connectivity index (χ1v) is 8.05. The predicted octanol–water partition coefficient (Wildman–Crippen LogP) is 3.53. The first-order valence-electron chi connectivity index (χ1n) is 6.28. The fourth-order valence-corrected chi connectivity index (χ4v) is 3.22. The molecule has 1 aliphatic rings. The smallest absolute Gasteiger partial charge is 0.227 e. The number of carbonyl (C=O) groups is 2. The van der Waals surface area contributed by atoms with Crippen molar-refractivity contribution in [2.75, 3.05) is 17.2 Å². The number of carbonyl (C=O) groups excluding carboxylic acids is 2. The third-order valence-corrected chi connectivity index (χ3v) is 5.15. The van der Waals surface area contributed by atoms with Gasteiger partial charge in [0.1, 0.15) is 5.82 Å². The Morgan fingerprint density at radius 1 is 1.55 bits per heavy atom. The van der Waals surface area contributed by atoms with E-state index in [2.05, 4.69) is 15.9 Å². The molecule has 1 atom stereocenters. The van der Waals surface area contributed by atoms with Crippen molar-refractivity contribution in [3.05, 3.63) is 28.0 Å². The van der Waals surface area contributed by atoms with Crippen LogP contribution in [-0.2, 0) is 9.59 Å². The van der Waals surface area contributed by atoms with Crippen LogP contribution < -0.4 is 4.90 Å². The monoisotopic (exact) mass is 359 g/mol. The zero-order chi connectivity index (χ0) is 14.9. The number of hydrogen-bond acceptors (Lipinski definition) is 3. The van der Waals surface area contributed by atoms with E-state index in [1.165, 1.54) is 29.7 Å². The number of rotatable bonds is 3. The van der Waals surface area contributed by atoms with E-state index in [9.17, 15) is 14.0 Å². The van der Waals surface area contributed by atoms with E-state index in [0.29, 0.717) is 28.9 Å². The van der Waals surface area contributed by atoms with Crippen molar-refractivity contribution in [3.8, 4) is 0 Å². The van der Waals surface area contributed by atoms with Crippen LogP contribution in [-0.4, -0.2) is 23.3 Å². The Bertz CT molecular complexity index is 564. The third kappa shape index (κ3) is 3.41. The molecule has 1 heterocycles. The van der Waals surface area contributed by atoms with Gasteiger partial charge >= 0.3 is 0 Å². The molecule has 1 amide bonds. The Kier molecular flexibility index (Phi) is 4.86. The Balaban J connectivity index is 2.16. The molecule has 1 aliphatic heterocycles. The normalized spacial score (nSPS) is 18.7. The number of hydrogen-bond donors (Lipinski definition) is 0. The largest absolute Gasteiger partial charge is 0.309 e. The Hall–Kier alpha value is -0.880. The van der Waals surface area contributed by atoms with Crippen LogP contribution in [0.4, 0.5) is 10.1 Å². The van der Waals surface area contributed by atoms with Crippen LogP contribution in [0.15, 0.2) is 16.6 Å². The number of aryl methyl sites for hydroxylation is 1. The molecule has 20 heavy (non-hydrogen) atoms. The zero-order valence-corrected chi connectivity index (χ0v) is 13.7. The van der Waals surface area contributed by atoms with Gasteiger partial charge in [-0.1, -0.05) is 27.7 Å². The Morgan fingerprint density at radius 3 is 2.90 bits per heavy atom. The molecule has 0 spiro atoms. The molecule has 1 aromatic carbocycles. The highest BCUT2D eigenvalue weighted by molar-refractivity contribution is 9.10. The summed E-state index contributed by atoms with van der Waals surface area (Å²) >= 11 is 4.49. The van der Waals surface area contributed by atoms with Crippen molar-refractivity contribution in [1.29, 1.82) is 0 Å². The van der Waals surface area contributed by atoms with Gasteiger partial charge in [-0.05, 0) is 30.5 Å². The molecule has 6 heteroatoms. The number of thioether (sulfide) groups is 1. The summed E-state index contributed by atoms with van der Waals surface area (Å²) < 4.78 is 14.7. The fraction of sp³-hybridized carbons (Fsp3) is 0.429. The van der Waals surface area contributed by atoms with Crippen molar-refractivity contribution in [2.24, 2.45) is 5.92 Å². The molecule has 0 bridgehead atoms. The average Bonchev–Trinajstić information content (AvgIpc) is 2.72. The average molecular weight is 360 g/mol. The minimum absolute atomic E-state index is 0.0431. The first kappa shape index (κ1) is 15.5. The third-order valence-electron chi connectivity index (χ3n) is 3.25. The predicted molar refractivity (Wildman–Crippen MR) is 82.4 cm³/mol. The number of amides is 1. The van der Waals surface area contributed by atoms with Gasteiger partial charge in [-0.15, -0.1) is 0 Å². The molecule has 0 aliphatic carbocycles. The Labute approximate surface area is 130 Å². The second kappa shape index (κ2) is 6.26. The minimum atomic E-state index is -0.407. The molecule has 1 saturated heterocycles. The summed E-state index contributed by atoms with van der Waals surface area (Å²) in [7, 11) is 0. The van der Waals surface area contributed by atoms with Crippen LogP contribution in [0, 0.1) is 18.7 Å². The van der Waals surface area contributed by atoms with Crippen molar-refractivity contribution >= 4 is 44.4 Å². The lowest BCUT2D eigenvalue weighted by atomic mass is 10.1. The molecule has 0 radical (unpaired) electrons. The van der Waals surface area contributed by atoms with E-state index in [4.69, 9.17) is 0 Å². The van der Waals surface area contributed by atoms with Crippen LogP contribution in [0.5, 0.6) is 0 Å². The van der Waals surface area contributed by atoms with Crippen molar-refractivity contribution in [2.45, 2.75) is 20.3 Å². The highest BCUT2D eigenvalue weighted by atomic mass is 79.9. The summed E-state index contributed by atoms with van der Waals surface area (Å²) in [5, 5.41) is 0.0431. The molecule has 1 aromatic rings. The maximum atomic E-state index is 14.0. The van der Waals surface area contributed by atoms with E-state index in [1.807, 2.05) is 6.92 Å². The van der Waals surface area contributed by atoms with Crippen LogP contribution in [0.2, 0.25) is 0 Å². The molecule has 0 aromatic heterocycles. The van der Waals surface area contributed by atoms with E-state index in [-0.39, 0.29) is 16.9 Å². The fourth-order valence-electron chi connectivity index (χ4n) is 2.21. The lowest BCUT2D eigenvalue weighted by Gasteiger charge is -2.18. The minimum Gasteiger partial charge on any atom is -0.309 e. The lowest BCUT2D eigenvalue weighted by Crippen LogP contribution is -2.26. The number of benzene rings is 1. The maximum absolute atomic E-state index is 14.0. The standard InChI is InChI=1S/C14H15BrFNO2S/c1-8-3-13(12(16)5-11(8)15)17-6-10(4-14(17)19)7-20-9(2)18/h3,5,10H,4,6-7H2,1-2H3. The second-order valence-corrected chi connectivity index (χ2v) is 6.98. The summed E-state index contributed by atoms with van der Waals surface area (Å²) in [5.74, 6) is 0.213. The summed E-state index contributed by atoms with van der Waals surface area (Å²) in [6.45, 7) is 3.84. The lowest BCUT2D eigenvalue weighted by molar-refractivity contribution is -0.117. The van der Waals surface area contributed by atoms with Crippen LogP contribution >= 0.6 is 27.7 Å². The summed E-state index contributed by atoms with van der Waals surface area (Å²) in [5.41, 5.74) is 1.21. The van der Waals surface area contributed by atoms with Crippen LogP contribution in [0.25, 0.3) is 0 Å². The van der Waals surface area contributed by atoms with E-state index in [1.54, 1.807) is 6.07 Å². The zero-order valence-electron chi connectivity index (χ0n) is 11.3. The molecular formula is C14H15BrFNO2S. The molecule has 1 unspecified atom stereocenters. The van der Waals surface area contributed by atoms with Gasteiger partial charge in [-0.25, -0.2) is 4.39 Å². The van der Waals surface area contributed by atoms with Crippen LogP contribution in [0.3, 0.4) is 0 Å². The number of halogens is 2. The molecular weight excluding hydrogens is 345 g/mol. The van der Waals surface area contributed by atoms with E-state index < -0.39 is 5.82 Å². The van der Waals surface area contributed by atoms with Gasteiger partial charge in [0.2, 0.25) is 5.91 Å². The molecule has 0 N–H and O–H groups in total. The van der Waals surface area contributed by atoms with Gasteiger partial charge < -0.3 is 4.90 Å². The maximum Gasteiger partial charge on any atom is 0.227 e. The molecule has 108 valence electrons. The SMILES string of the molecule is CC(=O)SCC1CC(=O)N(c2cc(C)c(Br)cc2F)C1. The van der Waals surface area contributed by atoms with Crippen molar-refractivity contribution in [3.63, 3.8) is 0 Å². The quantitative estimate of drug-likeness (QED) is 0.828. The van der Waals surface area contributed by atoms with E-state index >= 15 is 0 Å². The Morgan fingerprint density at radius 2 is 2.25 bits per heavy atom. The number of nitrogens with zero attached hydrogens (tertiary/aromatic N) is 1. The van der Waals surface area contributed by atoms with Gasteiger partial charge in [0, 0.05) is 30.1 Å². The molecule has 1 fully saturated rings. The van der Waals surface area contributed by atoms with Gasteiger partial charge in [-0.2, -0.15) is 0 Å². The van der Waals surface area contributed by atoms with Gasteiger partial charge in [0.15, 0.2) is 5.12 Å². The van der Waals surface area contributed by atoms with Crippen molar-refractivity contribution < 1.29 is 14.0 Å².